The van der Waals surface area contributed by atoms with Crippen LogP contribution in [0.1, 0.15) is 41.5 Å². The van der Waals surface area contributed by atoms with Gasteiger partial charge in [0.05, 0.1) is 6.04 Å². The highest BCUT2D eigenvalue weighted by molar-refractivity contribution is 5.85. The van der Waals surface area contributed by atoms with Gasteiger partial charge in [0, 0.05) is 18.5 Å². The van der Waals surface area contributed by atoms with Crippen molar-refractivity contribution in [1.82, 2.24) is 10.6 Å². The first-order chi connectivity index (χ1) is 7.96. The molecule has 0 aromatic carbocycles. The largest absolute Gasteiger partial charge is 0.354 e. The van der Waals surface area contributed by atoms with Gasteiger partial charge in [-0.3, -0.25) is 9.59 Å². The second-order valence-corrected chi connectivity index (χ2v) is 6.64. The lowest BCUT2D eigenvalue weighted by atomic mass is 9.87. The molecule has 0 heterocycles. The molecule has 0 radical (unpaired) electrons. The van der Waals surface area contributed by atoms with Crippen LogP contribution in [0.25, 0.3) is 0 Å². The summed E-state index contributed by atoms with van der Waals surface area (Å²) in [6.07, 6.45) is 0. The van der Waals surface area contributed by atoms with E-state index in [-0.39, 0.29) is 29.6 Å². The second kappa shape index (κ2) is 7.70. The minimum atomic E-state index is -0.546. The monoisotopic (exact) mass is 293 g/mol. The van der Waals surface area contributed by atoms with Crippen LogP contribution in [0.3, 0.4) is 0 Å². The fourth-order valence-electron chi connectivity index (χ4n) is 1.13. The summed E-state index contributed by atoms with van der Waals surface area (Å²) in [7, 11) is 0. The van der Waals surface area contributed by atoms with Crippen molar-refractivity contribution in [3.05, 3.63) is 0 Å². The van der Waals surface area contributed by atoms with Gasteiger partial charge in [0.1, 0.15) is 0 Å². The van der Waals surface area contributed by atoms with Crippen molar-refractivity contribution in [2.75, 3.05) is 13.1 Å². The van der Waals surface area contributed by atoms with Crippen molar-refractivity contribution >= 4 is 24.2 Å². The molecule has 114 valence electrons. The number of halogens is 1. The summed E-state index contributed by atoms with van der Waals surface area (Å²) >= 11 is 0. The lowest BCUT2D eigenvalue weighted by Gasteiger charge is -2.26. The molecule has 0 aliphatic carbocycles. The molecule has 2 amide bonds. The number of nitrogens with two attached hydrogens (primary N) is 1. The number of carbonyl (C=O) groups is 2. The molecule has 0 aromatic rings. The Morgan fingerprint density at radius 1 is 1.00 bits per heavy atom. The van der Waals surface area contributed by atoms with Crippen LogP contribution in [0.4, 0.5) is 0 Å². The van der Waals surface area contributed by atoms with Crippen LogP contribution in [-0.2, 0) is 9.59 Å². The standard InChI is InChI=1S/C13H27N3O2.ClH/c1-12(2,3)9(14)10(17)15-7-8-16-11(18)13(4,5)6;/h9H,7-8,14H2,1-6H3,(H,15,17)(H,16,18);1H/t9-;/m1./s1. The fraction of sp³-hybridized carbons (Fsp3) is 0.846. The first kappa shape index (κ1) is 20.5. The summed E-state index contributed by atoms with van der Waals surface area (Å²) in [5, 5.41) is 5.48. The predicted molar refractivity (Wildman–Crippen MR) is 80.2 cm³/mol. The minimum absolute atomic E-state index is 0. The molecule has 0 rings (SSSR count). The van der Waals surface area contributed by atoms with E-state index in [0.717, 1.165) is 0 Å². The molecule has 6 heteroatoms. The molecule has 0 aliphatic heterocycles. The van der Waals surface area contributed by atoms with Crippen molar-refractivity contribution in [3.8, 4) is 0 Å². The van der Waals surface area contributed by atoms with E-state index in [2.05, 4.69) is 10.6 Å². The Hall–Kier alpha value is -0.810. The molecule has 0 aliphatic rings. The van der Waals surface area contributed by atoms with Gasteiger partial charge in [-0.15, -0.1) is 12.4 Å². The highest BCUT2D eigenvalue weighted by Gasteiger charge is 2.27. The zero-order valence-corrected chi connectivity index (χ0v) is 13.6. The Bertz CT molecular complexity index is 306. The van der Waals surface area contributed by atoms with Gasteiger partial charge in [-0.2, -0.15) is 0 Å². The van der Waals surface area contributed by atoms with Gasteiger partial charge in [0.25, 0.3) is 0 Å². The smallest absolute Gasteiger partial charge is 0.237 e. The maximum absolute atomic E-state index is 11.7. The molecule has 0 bridgehead atoms. The Morgan fingerprint density at radius 2 is 1.42 bits per heavy atom. The number of hydrogen-bond acceptors (Lipinski definition) is 3. The SMILES string of the molecule is CC(C)(C)C(=O)NCCNC(=O)[C@@H](N)C(C)(C)C.Cl. The van der Waals surface area contributed by atoms with Crippen molar-refractivity contribution in [2.45, 2.75) is 47.6 Å². The highest BCUT2D eigenvalue weighted by atomic mass is 35.5. The van der Waals surface area contributed by atoms with Gasteiger partial charge in [-0.1, -0.05) is 41.5 Å². The number of rotatable bonds is 4. The molecule has 0 fully saturated rings. The number of amides is 2. The van der Waals surface area contributed by atoms with E-state index in [1.165, 1.54) is 0 Å². The number of carbonyl (C=O) groups excluding carboxylic acids is 2. The molecule has 0 saturated heterocycles. The topological polar surface area (TPSA) is 84.2 Å². The van der Waals surface area contributed by atoms with E-state index in [1.807, 2.05) is 41.5 Å². The maximum atomic E-state index is 11.7. The predicted octanol–water partition coefficient (Wildman–Crippen LogP) is 1.06. The zero-order chi connectivity index (χ0) is 14.6. The van der Waals surface area contributed by atoms with E-state index in [4.69, 9.17) is 5.73 Å². The van der Waals surface area contributed by atoms with E-state index in [0.29, 0.717) is 13.1 Å². The molecule has 0 aromatic heterocycles. The lowest BCUT2D eigenvalue weighted by Crippen LogP contribution is -2.50. The van der Waals surface area contributed by atoms with Crippen LogP contribution < -0.4 is 16.4 Å². The molecule has 19 heavy (non-hydrogen) atoms. The summed E-state index contributed by atoms with van der Waals surface area (Å²) in [5.41, 5.74) is 5.13. The number of nitrogens with one attached hydrogen (secondary N) is 2. The zero-order valence-electron chi connectivity index (χ0n) is 12.8. The van der Waals surface area contributed by atoms with Crippen LogP contribution in [-0.4, -0.2) is 30.9 Å². The van der Waals surface area contributed by atoms with Gasteiger partial charge < -0.3 is 16.4 Å². The number of hydrogen-bond donors (Lipinski definition) is 3. The fourth-order valence-corrected chi connectivity index (χ4v) is 1.13. The van der Waals surface area contributed by atoms with E-state index < -0.39 is 11.5 Å². The highest BCUT2D eigenvalue weighted by Crippen LogP contribution is 2.17. The summed E-state index contributed by atoms with van der Waals surface area (Å²) in [6, 6.07) is -0.546. The summed E-state index contributed by atoms with van der Waals surface area (Å²) in [5.74, 6) is -0.218. The third-order valence-electron chi connectivity index (χ3n) is 2.61. The van der Waals surface area contributed by atoms with Crippen LogP contribution in [0.15, 0.2) is 0 Å². The molecule has 0 saturated carbocycles. The molecular weight excluding hydrogens is 266 g/mol. The Morgan fingerprint density at radius 3 is 1.79 bits per heavy atom. The molecule has 0 unspecified atom stereocenters. The summed E-state index contributed by atoms with van der Waals surface area (Å²) < 4.78 is 0. The van der Waals surface area contributed by atoms with E-state index in [9.17, 15) is 9.59 Å². The van der Waals surface area contributed by atoms with E-state index >= 15 is 0 Å². The second-order valence-electron chi connectivity index (χ2n) is 6.64. The van der Waals surface area contributed by atoms with Gasteiger partial charge in [-0.05, 0) is 5.41 Å². The lowest BCUT2D eigenvalue weighted by molar-refractivity contribution is -0.129. The van der Waals surface area contributed by atoms with E-state index in [1.54, 1.807) is 0 Å². The maximum Gasteiger partial charge on any atom is 0.237 e. The minimum Gasteiger partial charge on any atom is -0.354 e. The molecule has 0 spiro atoms. The molecule has 4 N–H and O–H groups in total. The van der Waals surface area contributed by atoms with Crippen LogP contribution in [0, 0.1) is 10.8 Å². The average Bonchev–Trinajstić information content (AvgIpc) is 2.19. The van der Waals surface area contributed by atoms with Gasteiger partial charge >= 0.3 is 0 Å². The van der Waals surface area contributed by atoms with Gasteiger partial charge in [0.15, 0.2) is 0 Å². The molecule has 1 atom stereocenters. The summed E-state index contributed by atoms with van der Waals surface area (Å²) in [4.78, 5) is 23.2. The molecular formula is C13H28ClN3O2. The quantitative estimate of drug-likeness (QED) is 0.678. The Kier molecular flexibility index (Phi) is 8.31. The first-order valence-corrected chi connectivity index (χ1v) is 6.28. The van der Waals surface area contributed by atoms with Crippen LogP contribution >= 0.6 is 12.4 Å². The van der Waals surface area contributed by atoms with Gasteiger partial charge in [-0.25, -0.2) is 0 Å². The molecule has 5 nitrogen and oxygen atoms in total. The summed E-state index contributed by atoms with van der Waals surface area (Å²) in [6.45, 7) is 12.1. The van der Waals surface area contributed by atoms with Crippen molar-refractivity contribution in [3.63, 3.8) is 0 Å². The first-order valence-electron chi connectivity index (χ1n) is 6.28. The Balaban J connectivity index is 0. The third kappa shape index (κ3) is 8.06. The van der Waals surface area contributed by atoms with Crippen molar-refractivity contribution in [2.24, 2.45) is 16.6 Å². The Labute approximate surface area is 122 Å². The van der Waals surface area contributed by atoms with Crippen LogP contribution in [0.2, 0.25) is 0 Å². The average molecular weight is 294 g/mol. The normalized spacial score (nSPS) is 13.2. The van der Waals surface area contributed by atoms with Gasteiger partial charge in [0.2, 0.25) is 11.8 Å². The van der Waals surface area contributed by atoms with Crippen molar-refractivity contribution < 1.29 is 9.59 Å². The van der Waals surface area contributed by atoms with Crippen LogP contribution in [0.5, 0.6) is 0 Å². The third-order valence-corrected chi connectivity index (χ3v) is 2.61. The van der Waals surface area contributed by atoms with Crippen molar-refractivity contribution in [1.29, 1.82) is 0 Å².